The number of carbonyl (C=O) groups excluding carboxylic acids is 1. The summed E-state index contributed by atoms with van der Waals surface area (Å²) >= 11 is 1.57. The summed E-state index contributed by atoms with van der Waals surface area (Å²) < 4.78 is 17.3. The van der Waals surface area contributed by atoms with Gasteiger partial charge in [0.15, 0.2) is 5.76 Å². The molecule has 0 radical (unpaired) electrons. The van der Waals surface area contributed by atoms with Gasteiger partial charge in [0.05, 0.1) is 14.2 Å². The van der Waals surface area contributed by atoms with Crippen molar-refractivity contribution in [3.63, 3.8) is 0 Å². The fraction of sp³-hybridized carbons (Fsp3) is 0.381. The van der Waals surface area contributed by atoms with Crippen molar-refractivity contribution in [2.75, 3.05) is 34.4 Å². The Morgan fingerprint density at radius 3 is 2.59 bits per heavy atom. The Bertz CT molecular complexity index is 880. The van der Waals surface area contributed by atoms with Gasteiger partial charge < -0.3 is 19.1 Å². The number of Topliss-reactive ketones (excluding diaryl/α,β-unsaturated/α-hetero) is 1. The lowest BCUT2D eigenvalue weighted by molar-refractivity contribution is 0.101. The van der Waals surface area contributed by atoms with E-state index in [1.54, 1.807) is 31.6 Å². The molecule has 0 saturated carbocycles. The van der Waals surface area contributed by atoms with Gasteiger partial charge in [0.2, 0.25) is 5.78 Å². The van der Waals surface area contributed by atoms with Crippen LogP contribution in [0.2, 0.25) is 0 Å². The van der Waals surface area contributed by atoms with Gasteiger partial charge in [-0.3, -0.25) is 4.79 Å². The molecule has 2 aliphatic heterocycles. The van der Waals surface area contributed by atoms with Gasteiger partial charge in [0, 0.05) is 22.6 Å². The van der Waals surface area contributed by atoms with Crippen LogP contribution in [0.25, 0.3) is 6.08 Å². The van der Waals surface area contributed by atoms with Crippen LogP contribution < -0.4 is 14.2 Å². The van der Waals surface area contributed by atoms with E-state index in [4.69, 9.17) is 14.2 Å². The van der Waals surface area contributed by atoms with Crippen LogP contribution in [0.3, 0.4) is 0 Å². The molecule has 4 rings (SSSR count). The molecule has 5 nitrogen and oxygen atoms in total. The van der Waals surface area contributed by atoms with Gasteiger partial charge in [-0.15, -0.1) is 11.3 Å². The van der Waals surface area contributed by atoms with Crippen LogP contribution in [0.1, 0.15) is 39.6 Å². The predicted octanol–water partition coefficient (Wildman–Crippen LogP) is 4.19. The van der Waals surface area contributed by atoms with E-state index < -0.39 is 0 Å². The van der Waals surface area contributed by atoms with E-state index in [1.807, 2.05) is 23.6 Å². The molecule has 0 aliphatic carbocycles. The minimum atomic E-state index is -0.132. The number of hydrogen-bond acceptors (Lipinski definition) is 6. The van der Waals surface area contributed by atoms with Crippen molar-refractivity contribution in [3.8, 4) is 17.2 Å². The quantitative estimate of drug-likeness (QED) is 0.739. The lowest BCUT2D eigenvalue weighted by Crippen LogP contribution is -2.29. The topological polar surface area (TPSA) is 48.0 Å². The lowest BCUT2D eigenvalue weighted by Gasteiger charge is -2.30. The molecule has 1 fully saturated rings. The summed E-state index contributed by atoms with van der Waals surface area (Å²) in [6.45, 7) is 2.03. The van der Waals surface area contributed by atoms with Crippen LogP contribution >= 0.6 is 11.3 Å². The second kappa shape index (κ2) is 7.37. The Hall–Kier alpha value is -2.31. The summed E-state index contributed by atoms with van der Waals surface area (Å²) in [4.78, 5) is 16.4. The van der Waals surface area contributed by atoms with E-state index in [-0.39, 0.29) is 5.78 Å². The molecule has 0 bridgehead atoms. The SMILES string of the molecule is COc1cc(OC)c(C2CCN(C)CC2)c2c1C(=O)/C(=C/c1cccs1)O2. The number of hydrogen-bond donors (Lipinski definition) is 0. The van der Waals surface area contributed by atoms with Crippen LogP contribution in [-0.2, 0) is 0 Å². The van der Waals surface area contributed by atoms with Gasteiger partial charge in [-0.25, -0.2) is 0 Å². The van der Waals surface area contributed by atoms with Crippen LogP contribution in [0.5, 0.6) is 17.2 Å². The summed E-state index contributed by atoms with van der Waals surface area (Å²) in [5, 5.41) is 1.98. The fourth-order valence-corrected chi connectivity index (χ4v) is 4.49. The molecule has 142 valence electrons. The molecule has 0 amide bonds. The predicted molar refractivity (Wildman–Crippen MR) is 106 cm³/mol. The van der Waals surface area contributed by atoms with Crippen molar-refractivity contribution in [1.29, 1.82) is 0 Å². The maximum atomic E-state index is 13.1. The largest absolute Gasteiger partial charge is 0.496 e. The summed E-state index contributed by atoms with van der Waals surface area (Å²) in [5.41, 5.74) is 1.50. The van der Waals surface area contributed by atoms with Gasteiger partial charge in [-0.2, -0.15) is 0 Å². The first-order valence-electron chi connectivity index (χ1n) is 9.07. The summed E-state index contributed by atoms with van der Waals surface area (Å²) in [7, 11) is 5.35. The number of methoxy groups -OCH3 is 2. The maximum Gasteiger partial charge on any atom is 0.235 e. The van der Waals surface area contributed by atoms with E-state index in [2.05, 4.69) is 11.9 Å². The Kier molecular flexibility index (Phi) is 4.93. The summed E-state index contributed by atoms with van der Waals surface area (Å²) in [6, 6.07) is 5.74. The average Bonchev–Trinajstić information content (AvgIpc) is 3.30. The number of piperidine rings is 1. The van der Waals surface area contributed by atoms with Crippen LogP contribution in [0, 0.1) is 0 Å². The second-order valence-corrected chi connectivity index (χ2v) is 7.91. The average molecular weight is 385 g/mol. The first-order chi connectivity index (χ1) is 13.1. The Morgan fingerprint density at radius 2 is 1.96 bits per heavy atom. The monoisotopic (exact) mass is 385 g/mol. The molecule has 0 atom stereocenters. The molecule has 1 aromatic heterocycles. The molecule has 27 heavy (non-hydrogen) atoms. The third kappa shape index (κ3) is 3.24. The molecule has 1 saturated heterocycles. The maximum absolute atomic E-state index is 13.1. The first kappa shape index (κ1) is 18.1. The smallest absolute Gasteiger partial charge is 0.235 e. The molecule has 1 aromatic carbocycles. The highest BCUT2D eigenvalue weighted by molar-refractivity contribution is 7.10. The molecule has 6 heteroatoms. The molecule has 0 unspecified atom stereocenters. The Balaban J connectivity index is 1.82. The number of ketones is 1. The van der Waals surface area contributed by atoms with Gasteiger partial charge in [0.1, 0.15) is 22.8 Å². The molecule has 3 heterocycles. The minimum Gasteiger partial charge on any atom is -0.496 e. The number of thiophene rings is 1. The standard InChI is InChI=1S/C21H23NO4S/c1-22-8-6-13(7-9-22)18-15(24-2)12-16(25-3)19-20(23)17(26-21(18)19)11-14-5-4-10-27-14/h4-5,10-13H,6-9H2,1-3H3/b17-11-. The first-order valence-corrected chi connectivity index (χ1v) is 9.95. The van der Waals surface area contributed by atoms with Crippen molar-refractivity contribution >= 4 is 23.2 Å². The van der Waals surface area contributed by atoms with Gasteiger partial charge in [0.25, 0.3) is 0 Å². The van der Waals surface area contributed by atoms with Gasteiger partial charge in [-0.1, -0.05) is 6.07 Å². The van der Waals surface area contributed by atoms with Crippen molar-refractivity contribution < 1.29 is 19.0 Å². The highest BCUT2D eigenvalue weighted by atomic mass is 32.1. The fourth-order valence-electron chi connectivity index (χ4n) is 3.84. The summed E-state index contributed by atoms with van der Waals surface area (Å²) in [5.74, 6) is 2.34. The molecular formula is C21H23NO4S. The Morgan fingerprint density at radius 1 is 1.22 bits per heavy atom. The van der Waals surface area contributed by atoms with Gasteiger partial charge >= 0.3 is 0 Å². The zero-order valence-corrected chi connectivity index (χ0v) is 16.6. The number of nitrogens with zero attached hydrogens (tertiary/aromatic N) is 1. The van der Waals surface area contributed by atoms with Crippen molar-refractivity contribution in [2.24, 2.45) is 0 Å². The molecule has 0 spiro atoms. The number of rotatable bonds is 4. The lowest BCUT2D eigenvalue weighted by atomic mass is 9.86. The number of carbonyl (C=O) groups is 1. The Labute approximate surface area is 163 Å². The van der Waals surface area contributed by atoms with E-state index in [0.717, 1.165) is 42.1 Å². The highest BCUT2D eigenvalue weighted by Crippen LogP contribution is 2.50. The third-order valence-electron chi connectivity index (χ3n) is 5.29. The van der Waals surface area contributed by atoms with E-state index in [9.17, 15) is 4.79 Å². The number of likely N-dealkylation sites (tertiary alicyclic amines) is 1. The third-order valence-corrected chi connectivity index (χ3v) is 6.11. The molecule has 2 aromatic rings. The number of allylic oxidation sites excluding steroid dienone is 1. The zero-order valence-electron chi connectivity index (χ0n) is 15.8. The van der Waals surface area contributed by atoms with E-state index >= 15 is 0 Å². The number of ether oxygens (including phenoxy) is 3. The number of fused-ring (bicyclic) bond motifs is 1. The van der Waals surface area contributed by atoms with Crippen molar-refractivity contribution in [3.05, 3.63) is 45.3 Å². The summed E-state index contributed by atoms with van der Waals surface area (Å²) in [6.07, 6.45) is 3.82. The zero-order chi connectivity index (χ0) is 19.0. The molecule has 0 N–H and O–H groups in total. The van der Waals surface area contributed by atoms with Crippen LogP contribution in [0.4, 0.5) is 0 Å². The normalized spacial score (nSPS) is 19.2. The van der Waals surface area contributed by atoms with Crippen LogP contribution in [-0.4, -0.2) is 45.0 Å². The van der Waals surface area contributed by atoms with Crippen molar-refractivity contribution in [2.45, 2.75) is 18.8 Å². The minimum absolute atomic E-state index is 0.132. The van der Waals surface area contributed by atoms with E-state index in [0.29, 0.717) is 28.7 Å². The van der Waals surface area contributed by atoms with Crippen molar-refractivity contribution in [1.82, 2.24) is 4.90 Å². The van der Waals surface area contributed by atoms with Gasteiger partial charge in [-0.05, 0) is 50.3 Å². The molecule has 2 aliphatic rings. The number of benzene rings is 1. The molecular weight excluding hydrogens is 362 g/mol. The van der Waals surface area contributed by atoms with E-state index in [1.165, 1.54) is 0 Å². The highest BCUT2D eigenvalue weighted by Gasteiger charge is 2.38. The van der Waals surface area contributed by atoms with Crippen LogP contribution in [0.15, 0.2) is 29.3 Å². The second-order valence-electron chi connectivity index (χ2n) is 6.93.